The van der Waals surface area contributed by atoms with Crippen LogP contribution in [0.4, 0.5) is 0 Å². The second kappa shape index (κ2) is 8.72. The van der Waals surface area contributed by atoms with E-state index in [1.165, 1.54) is 17.1 Å². The Balaban J connectivity index is 1.85. The molecule has 0 spiro atoms. The normalized spacial score (nSPS) is 10.3. The topological polar surface area (TPSA) is 103 Å². The first kappa shape index (κ1) is 18.3. The minimum absolute atomic E-state index is 0.0396. The van der Waals surface area contributed by atoms with Gasteiger partial charge in [-0.2, -0.15) is 5.10 Å². The molecular formula is C17H21N3O5. The first-order valence-electron chi connectivity index (χ1n) is 7.77. The Morgan fingerprint density at radius 1 is 1.24 bits per heavy atom. The zero-order valence-corrected chi connectivity index (χ0v) is 14.2. The summed E-state index contributed by atoms with van der Waals surface area (Å²) in [6.45, 7) is 0.683. The van der Waals surface area contributed by atoms with Crippen LogP contribution >= 0.6 is 0 Å². The summed E-state index contributed by atoms with van der Waals surface area (Å²) in [5.74, 6) is 0.147. The number of nitrogens with one attached hydrogen (secondary N) is 1. The van der Waals surface area contributed by atoms with E-state index in [9.17, 15) is 9.59 Å². The molecule has 0 fully saturated rings. The number of amides is 1. The number of ether oxygens (including phenoxy) is 2. The van der Waals surface area contributed by atoms with Crippen LogP contribution < -0.4 is 14.8 Å². The molecular weight excluding hydrogens is 326 g/mol. The molecule has 2 aromatic rings. The molecule has 1 heterocycles. The molecule has 25 heavy (non-hydrogen) atoms. The quantitative estimate of drug-likeness (QED) is 0.710. The second-order valence-corrected chi connectivity index (χ2v) is 5.33. The molecule has 1 amide bonds. The van der Waals surface area contributed by atoms with Gasteiger partial charge in [0, 0.05) is 12.7 Å². The van der Waals surface area contributed by atoms with Crippen LogP contribution in [0, 0.1) is 0 Å². The van der Waals surface area contributed by atoms with E-state index >= 15 is 0 Å². The highest BCUT2D eigenvalue weighted by Crippen LogP contribution is 2.27. The van der Waals surface area contributed by atoms with E-state index in [2.05, 4.69) is 10.4 Å². The third-order valence-electron chi connectivity index (χ3n) is 3.60. The van der Waals surface area contributed by atoms with Gasteiger partial charge in [-0.25, -0.2) is 0 Å². The average Bonchev–Trinajstić information content (AvgIpc) is 3.08. The highest BCUT2D eigenvalue weighted by atomic mass is 16.5. The SMILES string of the molecule is COc1ccc(CCNC(=O)c2cnn(CCC(=O)O)c2)cc1OC. The van der Waals surface area contributed by atoms with Gasteiger partial charge in [-0.3, -0.25) is 14.3 Å². The molecule has 0 aliphatic rings. The molecule has 0 aliphatic carbocycles. The number of methoxy groups -OCH3 is 2. The molecule has 2 rings (SSSR count). The van der Waals surface area contributed by atoms with Crippen molar-refractivity contribution in [2.75, 3.05) is 20.8 Å². The van der Waals surface area contributed by atoms with Crippen LogP contribution in [0.5, 0.6) is 11.5 Å². The Kier molecular flexibility index (Phi) is 6.39. The number of carbonyl (C=O) groups excluding carboxylic acids is 1. The Hall–Kier alpha value is -3.03. The van der Waals surface area contributed by atoms with Crippen LogP contribution in [0.25, 0.3) is 0 Å². The van der Waals surface area contributed by atoms with Crippen molar-refractivity contribution < 1.29 is 24.2 Å². The summed E-state index contributed by atoms with van der Waals surface area (Å²) in [6, 6.07) is 5.61. The maximum atomic E-state index is 12.1. The number of rotatable bonds is 9. The lowest BCUT2D eigenvalue weighted by atomic mass is 10.1. The fourth-order valence-corrected chi connectivity index (χ4v) is 2.27. The van der Waals surface area contributed by atoms with E-state index in [0.717, 1.165) is 5.56 Å². The van der Waals surface area contributed by atoms with Gasteiger partial charge in [0.05, 0.1) is 38.9 Å². The number of carboxylic acids is 1. The van der Waals surface area contributed by atoms with Gasteiger partial charge < -0.3 is 19.9 Å². The Morgan fingerprint density at radius 2 is 2.00 bits per heavy atom. The molecule has 0 saturated heterocycles. The highest BCUT2D eigenvalue weighted by Gasteiger charge is 2.10. The lowest BCUT2D eigenvalue weighted by Gasteiger charge is -2.10. The minimum Gasteiger partial charge on any atom is -0.493 e. The van der Waals surface area contributed by atoms with Gasteiger partial charge in [0.2, 0.25) is 0 Å². The van der Waals surface area contributed by atoms with Crippen LogP contribution in [-0.2, 0) is 17.8 Å². The van der Waals surface area contributed by atoms with Crippen molar-refractivity contribution in [1.82, 2.24) is 15.1 Å². The lowest BCUT2D eigenvalue weighted by Crippen LogP contribution is -2.25. The van der Waals surface area contributed by atoms with Crippen molar-refractivity contribution in [3.8, 4) is 11.5 Å². The number of hydrogen-bond acceptors (Lipinski definition) is 5. The average molecular weight is 347 g/mol. The van der Waals surface area contributed by atoms with E-state index in [0.29, 0.717) is 30.0 Å². The van der Waals surface area contributed by atoms with Gasteiger partial charge in [0.15, 0.2) is 11.5 Å². The van der Waals surface area contributed by atoms with Crippen molar-refractivity contribution in [3.05, 3.63) is 41.7 Å². The molecule has 134 valence electrons. The van der Waals surface area contributed by atoms with E-state index in [-0.39, 0.29) is 18.9 Å². The number of carboxylic acid groups (broad SMARTS) is 1. The van der Waals surface area contributed by atoms with Gasteiger partial charge in [-0.15, -0.1) is 0 Å². The van der Waals surface area contributed by atoms with Crippen LogP contribution in [0.15, 0.2) is 30.6 Å². The van der Waals surface area contributed by atoms with Crippen molar-refractivity contribution in [2.24, 2.45) is 0 Å². The fourth-order valence-electron chi connectivity index (χ4n) is 2.27. The number of nitrogens with zero attached hydrogens (tertiary/aromatic N) is 2. The van der Waals surface area contributed by atoms with Gasteiger partial charge >= 0.3 is 5.97 Å². The van der Waals surface area contributed by atoms with Crippen molar-refractivity contribution in [3.63, 3.8) is 0 Å². The van der Waals surface area contributed by atoms with E-state index in [1.807, 2.05) is 18.2 Å². The van der Waals surface area contributed by atoms with E-state index in [1.54, 1.807) is 14.2 Å². The van der Waals surface area contributed by atoms with E-state index < -0.39 is 5.97 Å². The summed E-state index contributed by atoms with van der Waals surface area (Å²) in [4.78, 5) is 22.6. The summed E-state index contributed by atoms with van der Waals surface area (Å²) >= 11 is 0. The zero-order chi connectivity index (χ0) is 18.2. The first-order chi connectivity index (χ1) is 12.0. The molecule has 1 aromatic carbocycles. The van der Waals surface area contributed by atoms with Crippen LogP contribution in [-0.4, -0.2) is 47.5 Å². The summed E-state index contributed by atoms with van der Waals surface area (Å²) in [5.41, 5.74) is 1.41. The van der Waals surface area contributed by atoms with Crippen molar-refractivity contribution in [2.45, 2.75) is 19.4 Å². The zero-order valence-electron chi connectivity index (χ0n) is 14.2. The maximum absolute atomic E-state index is 12.1. The smallest absolute Gasteiger partial charge is 0.305 e. The predicted octanol–water partition coefficient (Wildman–Crippen LogP) is 1.35. The van der Waals surface area contributed by atoms with Crippen molar-refractivity contribution >= 4 is 11.9 Å². The molecule has 0 bridgehead atoms. The van der Waals surface area contributed by atoms with E-state index in [4.69, 9.17) is 14.6 Å². The maximum Gasteiger partial charge on any atom is 0.305 e. The van der Waals surface area contributed by atoms with Crippen LogP contribution in [0.1, 0.15) is 22.3 Å². The predicted molar refractivity (Wildman–Crippen MR) is 90.1 cm³/mol. The Bertz CT molecular complexity index is 742. The van der Waals surface area contributed by atoms with Gasteiger partial charge in [0.25, 0.3) is 5.91 Å². The highest BCUT2D eigenvalue weighted by molar-refractivity contribution is 5.93. The third kappa shape index (κ3) is 5.23. The number of aliphatic carboxylic acids is 1. The molecule has 8 nitrogen and oxygen atoms in total. The minimum atomic E-state index is -0.906. The fraction of sp³-hybridized carbons (Fsp3) is 0.353. The largest absolute Gasteiger partial charge is 0.493 e. The number of aromatic nitrogens is 2. The summed E-state index contributed by atoms with van der Waals surface area (Å²) in [6.07, 6.45) is 3.56. The molecule has 0 saturated carbocycles. The number of benzene rings is 1. The van der Waals surface area contributed by atoms with Crippen LogP contribution in [0.2, 0.25) is 0 Å². The van der Waals surface area contributed by atoms with Gasteiger partial charge in [-0.05, 0) is 24.1 Å². The summed E-state index contributed by atoms with van der Waals surface area (Å²) < 4.78 is 11.9. The number of carbonyl (C=O) groups is 2. The van der Waals surface area contributed by atoms with Gasteiger partial charge in [0.1, 0.15) is 0 Å². The standard InChI is InChI=1S/C17H21N3O5/c1-24-14-4-3-12(9-15(14)25-2)5-7-18-17(23)13-10-19-20(11-13)8-6-16(21)22/h3-4,9-11H,5-8H2,1-2H3,(H,18,23)(H,21,22). The van der Waals surface area contributed by atoms with Crippen LogP contribution in [0.3, 0.4) is 0 Å². The Labute approximate surface area is 145 Å². The molecule has 0 unspecified atom stereocenters. The van der Waals surface area contributed by atoms with Crippen molar-refractivity contribution in [1.29, 1.82) is 0 Å². The molecule has 0 atom stereocenters. The second-order valence-electron chi connectivity index (χ2n) is 5.33. The summed E-state index contributed by atoms with van der Waals surface area (Å²) in [5, 5.41) is 15.4. The molecule has 8 heteroatoms. The summed E-state index contributed by atoms with van der Waals surface area (Å²) in [7, 11) is 3.15. The first-order valence-corrected chi connectivity index (χ1v) is 7.77. The molecule has 1 aromatic heterocycles. The van der Waals surface area contributed by atoms with Gasteiger partial charge in [-0.1, -0.05) is 6.07 Å². The molecule has 0 aliphatic heterocycles. The molecule has 0 radical (unpaired) electrons. The third-order valence-corrected chi connectivity index (χ3v) is 3.60. The number of aryl methyl sites for hydroxylation is 1. The monoisotopic (exact) mass is 347 g/mol. The molecule has 2 N–H and O–H groups in total. The number of hydrogen-bond donors (Lipinski definition) is 2. The Morgan fingerprint density at radius 3 is 2.68 bits per heavy atom. The lowest BCUT2D eigenvalue weighted by molar-refractivity contribution is -0.137.